The summed E-state index contributed by atoms with van der Waals surface area (Å²) < 4.78 is 51.9. The zero-order chi connectivity index (χ0) is 21.9. The SMILES string of the molecule is CNc1cc(N2CCCC(CF)C2)c(C(=O)N[C@H]2CC[C@H](C(F)(F)F)CC2)cc1N. The zero-order valence-corrected chi connectivity index (χ0v) is 17.2. The van der Waals surface area contributed by atoms with Gasteiger partial charge in [0.2, 0.25) is 0 Å². The molecule has 3 rings (SSSR count). The molecule has 1 aliphatic carbocycles. The van der Waals surface area contributed by atoms with E-state index in [0.717, 1.165) is 12.8 Å². The molecule has 1 aliphatic heterocycles. The molecule has 1 aromatic carbocycles. The van der Waals surface area contributed by atoms with Gasteiger partial charge in [-0.2, -0.15) is 13.2 Å². The first-order valence-corrected chi connectivity index (χ1v) is 10.5. The van der Waals surface area contributed by atoms with Gasteiger partial charge in [0.1, 0.15) is 0 Å². The standard InChI is InChI=1S/C21H30F4N4O/c1-27-18-10-19(29-8-2-3-13(11-22)12-29)16(9-17(18)26)20(30)28-15-6-4-14(5-7-15)21(23,24)25/h9-10,13-15,27H,2-8,11-12,26H2,1H3,(H,28,30)/t13?,14-,15-. The number of hydrogen-bond acceptors (Lipinski definition) is 4. The van der Waals surface area contributed by atoms with E-state index in [9.17, 15) is 22.4 Å². The maximum absolute atomic E-state index is 13.2. The number of carbonyl (C=O) groups excluding carboxylic acids is 1. The molecule has 9 heteroatoms. The van der Waals surface area contributed by atoms with Crippen LogP contribution in [0.3, 0.4) is 0 Å². The van der Waals surface area contributed by atoms with E-state index < -0.39 is 18.8 Å². The summed E-state index contributed by atoms with van der Waals surface area (Å²) in [5.74, 6) is -1.72. The highest BCUT2D eigenvalue weighted by Gasteiger charge is 2.41. The van der Waals surface area contributed by atoms with Crippen LogP contribution in [0.15, 0.2) is 12.1 Å². The van der Waals surface area contributed by atoms with Crippen LogP contribution in [-0.2, 0) is 0 Å². The molecule has 0 radical (unpaired) electrons. The molecule has 2 fully saturated rings. The number of piperidine rings is 1. The minimum Gasteiger partial charge on any atom is -0.397 e. The largest absolute Gasteiger partial charge is 0.397 e. The lowest BCUT2D eigenvalue weighted by molar-refractivity contribution is -0.182. The molecule has 1 unspecified atom stereocenters. The number of nitrogens with zero attached hydrogens (tertiary/aromatic N) is 1. The topological polar surface area (TPSA) is 70.4 Å². The quantitative estimate of drug-likeness (QED) is 0.480. The monoisotopic (exact) mass is 430 g/mol. The smallest absolute Gasteiger partial charge is 0.391 e. The van der Waals surface area contributed by atoms with Crippen molar-refractivity contribution in [1.29, 1.82) is 0 Å². The summed E-state index contributed by atoms with van der Waals surface area (Å²) in [5.41, 5.74) is 8.21. The van der Waals surface area contributed by atoms with Gasteiger partial charge in [-0.1, -0.05) is 0 Å². The van der Waals surface area contributed by atoms with Gasteiger partial charge in [0.05, 0.1) is 35.2 Å². The average Bonchev–Trinajstić information content (AvgIpc) is 2.73. The molecule has 1 saturated carbocycles. The lowest BCUT2D eigenvalue weighted by Gasteiger charge is -2.35. The Morgan fingerprint density at radius 2 is 1.90 bits per heavy atom. The molecule has 2 aliphatic rings. The van der Waals surface area contributed by atoms with Crippen LogP contribution in [-0.4, -0.2) is 44.9 Å². The van der Waals surface area contributed by atoms with Crippen molar-refractivity contribution in [1.82, 2.24) is 5.32 Å². The van der Waals surface area contributed by atoms with Crippen molar-refractivity contribution >= 4 is 23.0 Å². The molecule has 0 spiro atoms. The van der Waals surface area contributed by atoms with Gasteiger partial charge in [0, 0.05) is 32.1 Å². The van der Waals surface area contributed by atoms with Crippen LogP contribution in [0.4, 0.5) is 34.6 Å². The first-order chi connectivity index (χ1) is 14.2. The van der Waals surface area contributed by atoms with Gasteiger partial charge in [-0.05, 0) is 50.7 Å². The van der Waals surface area contributed by atoms with E-state index in [2.05, 4.69) is 10.6 Å². The second-order valence-corrected chi connectivity index (χ2v) is 8.38. The summed E-state index contributed by atoms with van der Waals surface area (Å²) in [6.45, 7) is 0.815. The number of nitrogens with one attached hydrogen (secondary N) is 2. The molecule has 1 saturated heterocycles. The number of hydrogen-bond donors (Lipinski definition) is 3. The van der Waals surface area contributed by atoms with E-state index in [1.54, 1.807) is 19.2 Å². The fraction of sp³-hybridized carbons (Fsp3) is 0.667. The number of benzene rings is 1. The van der Waals surface area contributed by atoms with Crippen LogP contribution in [0.2, 0.25) is 0 Å². The van der Waals surface area contributed by atoms with Crippen LogP contribution < -0.4 is 21.3 Å². The molecule has 1 heterocycles. The van der Waals surface area contributed by atoms with E-state index in [4.69, 9.17) is 5.73 Å². The molecule has 0 bridgehead atoms. The highest BCUT2D eigenvalue weighted by molar-refractivity contribution is 6.02. The normalized spacial score (nSPS) is 25.1. The Hall–Kier alpha value is -2.19. The summed E-state index contributed by atoms with van der Waals surface area (Å²) in [4.78, 5) is 15.1. The highest BCUT2D eigenvalue weighted by Crippen LogP contribution is 2.38. The number of halogens is 4. The molecular formula is C21H30F4N4O. The molecule has 1 amide bonds. The molecule has 0 aromatic heterocycles. The first-order valence-electron chi connectivity index (χ1n) is 10.5. The molecule has 30 heavy (non-hydrogen) atoms. The summed E-state index contributed by atoms with van der Waals surface area (Å²) in [5, 5.41) is 5.90. The fourth-order valence-electron chi connectivity index (χ4n) is 4.50. The van der Waals surface area contributed by atoms with Crippen LogP contribution in [0.5, 0.6) is 0 Å². The van der Waals surface area contributed by atoms with E-state index in [-0.39, 0.29) is 30.7 Å². The Morgan fingerprint density at radius 1 is 1.20 bits per heavy atom. The first kappa shape index (κ1) is 22.5. The van der Waals surface area contributed by atoms with Crippen LogP contribution in [0.25, 0.3) is 0 Å². The van der Waals surface area contributed by atoms with Gasteiger partial charge in [-0.3, -0.25) is 9.18 Å². The Labute approximate surface area is 174 Å². The maximum Gasteiger partial charge on any atom is 0.391 e. The van der Waals surface area contributed by atoms with Crippen molar-refractivity contribution in [3.05, 3.63) is 17.7 Å². The number of nitrogens with two attached hydrogens (primary N) is 1. The second-order valence-electron chi connectivity index (χ2n) is 8.38. The second kappa shape index (κ2) is 9.31. The Kier molecular flexibility index (Phi) is 6.98. The van der Waals surface area contributed by atoms with Crippen LogP contribution in [0, 0.1) is 11.8 Å². The molecule has 4 N–H and O–H groups in total. The Morgan fingerprint density at radius 3 is 2.50 bits per heavy atom. The predicted octanol–water partition coefficient (Wildman–Crippen LogP) is 4.35. The summed E-state index contributed by atoms with van der Waals surface area (Å²) >= 11 is 0. The van der Waals surface area contributed by atoms with Crippen LogP contribution in [0.1, 0.15) is 48.9 Å². The number of anilines is 3. The predicted molar refractivity (Wildman–Crippen MR) is 111 cm³/mol. The third kappa shape index (κ3) is 5.10. The van der Waals surface area contributed by atoms with Gasteiger partial charge in [-0.25, -0.2) is 0 Å². The summed E-state index contributed by atoms with van der Waals surface area (Å²) in [6, 6.07) is 3.09. The zero-order valence-electron chi connectivity index (χ0n) is 17.2. The van der Waals surface area contributed by atoms with Gasteiger partial charge >= 0.3 is 6.18 Å². The minimum absolute atomic E-state index is 0.0203. The van der Waals surface area contributed by atoms with E-state index in [1.807, 2.05) is 4.90 Å². The number of rotatable bonds is 5. The minimum atomic E-state index is -4.18. The molecule has 168 valence electrons. The van der Waals surface area contributed by atoms with Crippen molar-refractivity contribution in [2.24, 2.45) is 11.8 Å². The molecule has 5 nitrogen and oxygen atoms in total. The third-order valence-electron chi connectivity index (χ3n) is 6.29. The van der Waals surface area contributed by atoms with Gasteiger partial charge in [0.15, 0.2) is 0 Å². The van der Waals surface area contributed by atoms with Crippen molar-refractivity contribution in [2.75, 3.05) is 42.8 Å². The van der Waals surface area contributed by atoms with Crippen LogP contribution >= 0.6 is 0 Å². The number of amides is 1. The number of carbonyl (C=O) groups is 1. The summed E-state index contributed by atoms with van der Waals surface area (Å²) in [6.07, 6.45) is -1.91. The van der Waals surface area contributed by atoms with Gasteiger partial charge in [0.25, 0.3) is 5.91 Å². The average molecular weight is 430 g/mol. The van der Waals surface area contributed by atoms with E-state index in [0.29, 0.717) is 48.6 Å². The van der Waals surface area contributed by atoms with Crippen molar-refractivity contribution < 1.29 is 22.4 Å². The van der Waals surface area contributed by atoms with E-state index in [1.165, 1.54) is 0 Å². The number of nitrogen functional groups attached to an aromatic ring is 1. The summed E-state index contributed by atoms with van der Waals surface area (Å²) in [7, 11) is 1.73. The maximum atomic E-state index is 13.2. The third-order valence-corrected chi connectivity index (χ3v) is 6.29. The highest BCUT2D eigenvalue weighted by atomic mass is 19.4. The Bertz CT molecular complexity index is 747. The van der Waals surface area contributed by atoms with Crippen molar-refractivity contribution in [2.45, 2.75) is 50.7 Å². The molecular weight excluding hydrogens is 400 g/mol. The lowest BCUT2D eigenvalue weighted by atomic mass is 9.85. The Balaban J connectivity index is 1.77. The van der Waals surface area contributed by atoms with Gasteiger partial charge < -0.3 is 21.3 Å². The fourth-order valence-corrected chi connectivity index (χ4v) is 4.50. The van der Waals surface area contributed by atoms with Crippen molar-refractivity contribution in [3.8, 4) is 0 Å². The molecule has 1 atom stereocenters. The number of alkyl halides is 4. The lowest BCUT2D eigenvalue weighted by Crippen LogP contribution is -2.41. The van der Waals surface area contributed by atoms with E-state index >= 15 is 0 Å². The molecule has 1 aromatic rings. The van der Waals surface area contributed by atoms with Gasteiger partial charge in [-0.15, -0.1) is 0 Å². The van der Waals surface area contributed by atoms with Crippen molar-refractivity contribution in [3.63, 3.8) is 0 Å².